The van der Waals surface area contributed by atoms with Crippen molar-refractivity contribution >= 4 is 5.97 Å². The molecule has 1 unspecified atom stereocenters. The fraction of sp³-hybridized carbons (Fsp3) is 0.462. The summed E-state index contributed by atoms with van der Waals surface area (Å²) in [7, 11) is 0. The molecule has 0 saturated carbocycles. The topological polar surface area (TPSA) is 83.6 Å². The number of aryl methyl sites for hydroxylation is 1. The van der Waals surface area contributed by atoms with Crippen molar-refractivity contribution in [1.29, 1.82) is 0 Å². The molecule has 4 nitrogen and oxygen atoms in total. The van der Waals surface area contributed by atoms with Crippen LogP contribution in [0, 0.1) is 0 Å². The fourth-order valence-corrected chi connectivity index (χ4v) is 2.40. The van der Waals surface area contributed by atoms with Crippen molar-refractivity contribution in [2.75, 3.05) is 0 Å². The second-order valence-corrected chi connectivity index (χ2v) is 4.67. The third-order valence-corrected chi connectivity index (χ3v) is 3.18. The van der Waals surface area contributed by atoms with E-state index < -0.39 is 5.97 Å². The molecular formula is C13H17NO3. The van der Waals surface area contributed by atoms with Crippen LogP contribution in [0.5, 0.6) is 5.75 Å². The van der Waals surface area contributed by atoms with Crippen molar-refractivity contribution in [3.63, 3.8) is 0 Å². The van der Waals surface area contributed by atoms with Crippen LogP contribution in [0.15, 0.2) is 12.1 Å². The molecule has 2 rings (SSSR count). The Morgan fingerprint density at radius 2 is 2.18 bits per heavy atom. The number of carboxylic acid groups (broad SMARTS) is 1. The summed E-state index contributed by atoms with van der Waals surface area (Å²) < 4.78 is 0. The van der Waals surface area contributed by atoms with Crippen molar-refractivity contribution in [3.8, 4) is 5.75 Å². The van der Waals surface area contributed by atoms with Gasteiger partial charge in [-0.25, -0.2) is 0 Å². The highest BCUT2D eigenvalue weighted by molar-refractivity contribution is 5.66. The number of rotatable bonds is 4. The first kappa shape index (κ1) is 11.9. The predicted molar refractivity (Wildman–Crippen MR) is 64.1 cm³/mol. The minimum Gasteiger partial charge on any atom is -0.508 e. The average molecular weight is 235 g/mol. The molecule has 1 aliphatic carbocycles. The van der Waals surface area contributed by atoms with Crippen LogP contribution in [0.25, 0.3) is 0 Å². The second kappa shape index (κ2) is 4.75. The smallest absolute Gasteiger partial charge is 0.303 e. The fourth-order valence-electron chi connectivity index (χ4n) is 2.40. The lowest BCUT2D eigenvalue weighted by Gasteiger charge is -2.06. The Hall–Kier alpha value is -1.55. The van der Waals surface area contributed by atoms with Crippen LogP contribution in [0.1, 0.15) is 29.5 Å². The molecule has 0 bridgehead atoms. The molecule has 1 aromatic rings. The molecule has 0 saturated heterocycles. The number of nitrogens with two attached hydrogens (primary N) is 1. The standard InChI is InChI=1S/C13H17NO3/c14-10-6-9-4-8(2-1-3-13(16)17)5-12(15)11(9)7-10/h4-5,10,15H,1-3,6-7,14H2,(H,16,17). The maximum atomic E-state index is 10.4. The molecule has 4 N–H and O–H groups in total. The molecule has 1 aromatic carbocycles. The molecule has 92 valence electrons. The lowest BCUT2D eigenvalue weighted by atomic mass is 10.0. The Kier molecular flexibility index (Phi) is 3.33. The molecule has 0 amide bonds. The van der Waals surface area contributed by atoms with Gasteiger partial charge in [-0.05, 0) is 48.4 Å². The van der Waals surface area contributed by atoms with Crippen molar-refractivity contribution in [2.45, 2.75) is 38.1 Å². The van der Waals surface area contributed by atoms with E-state index in [0.29, 0.717) is 18.6 Å². The van der Waals surface area contributed by atoms with E-state index >= 15 is 0 Å². The van der Waals surface area contributed by atoms with Gasteiger partial charge in [-0.15, -0.1) is 0 Å². The molecule has 0 aliphatic heterocycles. The SMILES string of the molecule is NC1Cc2cc(CCCC(=O)O)cc(O)c2C1. The third kappa shape index (κ3) is 2.77. The van der Waals surface area contributed by atoms with Crippen LogP contribution in [0.2, 0.25) is 0 Å². The van der Waals surface area contributed by atoms with Crippen LogP contribution in [0.3, 0.4) is 0 Å². The minimum atomic E-state index is -0.780. The number of hydrogen-bond acceptors (Lipinski definition) is 3. The zero-order valence-electron chi connectivity index (χ0n) is 9.65. The summed E-state index contributed by atoms with van der Waals surface area (Å²) in [5.41, 5.74) is 8.92. The van der Waals surface area contributed by atoms with Gasteiger partial charge in [0, 0.05) is 12.5 Å². The molecule has 17 heavy (non-hydrogen) atoms. The van der Waals surface area contributed by atoms with Crippen molar-refractivity contribution in [3.05, 3.63) is 28.8 Å². The number of hydrogen-bond donors (Lipinski definition) is 3. The van der Waals surface area contributed by atoms with Crippen LogP contribution in [-0.2, 0) is 24.1 Å². The highest BCUT2D eigenvalue weighted by atomic mass is 16.4. The van der Waals surface area contributed by atoms with Crippen LogP contribution < -0.4 is 5.73 Å². The van der Waals surface area contributed by atoms with Crippen molar-refractivity contribution in [2.24, 2.45) is 5.73 Å². The van der Waals surface area contributed by atoms with Gasteiger partial charge in [0.2, 0.25) is 0 Å². The van der Waals surface area contributed by atoms with E-state index in [2.05, 4.69) is 0 Å². The molecule has 0 fully saturated rings. The summed E-state index contributed by atoms with van der Waals surface area (Å²) in [6.45, 7) is 0. The predicted octanol–water partition coefficient (Wildman–Crippen LogP) is 1.23. The van der Waals surface area contributed by atoms with E-state index in [9.17, 15) is 9.90 Å². The Morgan fingerprint density at radius 3 is 2.88 bits per heavy atom. The Bertz CT molecular complexity index is 443. The summed E-state index contributed by atoms with van der Waals surface area (Å²) in [6.07, 6.45) is 2.98. The van der Waals surface area contributed by atoms with Crippen molar-refractivity contribution in [1.82, 2.24) is 0 Å². The van der Waals surface area contributed by atoms with Gasteiger partial charge < -0.3 is 15.9 Å². The number of benzene rings is 1. The van der Waals surface area contributed by atoms with Crippen molar-refractivity contribution < 1.29 is 15.0 Å². The summed E-state index contributed by atoms with van der Waals surface area (Å²) in [4.78, 5) is 10.4. The molecule has 0 aromatic heterocycles. The second-order valence-electron chi connectivity index (χ2n) is 4.67. The number of carboxylic acids is 1. The lowest BCUT2D eigenvalue weighted by molar-refractivity contribution is -0.137. The highest BCUT2D eigenvalue weighted by Crippen LogP contribution is 2.31. The third-order valence-electron chi connectivity index (χ3n) is 3.18. The van der Waals surface area contributed by atoms with Crippen LogP contribution in [0.4, 0.5) is 0 Å². The average Bonchev–Trinajstić information content (AvgIpc) is 2.58. The van der Waals surface area contributed by atoms with E-state index in [-0.39, 0.29) is 12.5 Å². The highest BCUT2D eigenvalue weighted by Gasteiger charge is 2.21. The Labute approximate surface area is 100 Å². The molecule has 4 heteroatoms. The molecule has 1 atom stereocenters. The van der Waals surface area contributed by atoms with E-state index in [4.69, 9.17) is 10.8 Å². The minimum absolute atomic E-state index is 0.102. The molecule has 0 heterocycles. The van der Waals surface area contributed by atoms with Crippen LogP contribution >= 0.6 is 0 Å². The number of fused-ring (bicyclic) bond motifs is 1. The van der Waals surface area contributed by atoms with E-state index in [0.717, 1.165) is 29.5 Å². The van der Waals surface area contributed by atoms with E-state index in [1.54, 1.807) is 6.07 Å². The first-order valence-corrected chi connectivity index (χ1v) is 5.87. The first-order valence-electron chi connectivity index (χ1n) is 5.87. The first-order chi connectivity index (χ1) is 8.06. The van der Waals surface area contributed by atoms with Gasteiger partial charge >= 0.3 is 5.97 Å². The van der Waals surface area contributed by atoms with Gasteiger partial charge in [0.25, 0.3) is 0 Å². The van der Waals surface area contributed by atoms with Gasteiger partial charge in [-0.3, -0.25) is 4.79 Å². The zero-order chi connectivity index (χ0) is 12.4. The zero-order valence-corrected chi connectivity index (χ0v) is 9.65. The summed E-state index contributed by atoms with van der Waals surface area (Å²) in [5.74, 6) is -0.474. The number of aliphatic carboxylic acids is 1. The van der Waals surface area contributed by atoms with Crippen LogP contribution in [-0.4, -0.2) is 22.2 Å². The maximum Gasteiger partial charge on any atom is 0.303 e. The number of aromatic hydroxyl groups is 1. The quantitative estimate of drug-likeness (QED) is 0.732. The monoisotopic (exact) mass is 235 g/mol. The Morgan fingerprint density at radius 1 is 1.41 bits per heavy atom. The van der Waals surface area contributed by atoms with E-state index in [1.165, 1.54) is 0 Å². The number of phenols is 1. The molecular weight excluding hydrogens is 218 g/mol. The Balaban J connectivity index is 2.08. The number of phenolic OH excluding ortho intramolecular Hbond substituents is 1. The normalized spacial score (nSPS) is 18.1. The summed E-state index contributed by atoms with van der Waals surface area (Å²) >= 11 is 0. The van der Waals surface area contributed by atoms with Gasteiger partial charge in [0.05, 0.1) is 0 Å². The van der Waals surface area contributed by atoms with Gasteiger partial charge in [-0.1, -0.05) is 6.07 Å². The van der Waals surface area contributed by atoms with Gasteiger partial charge in [-0.2, -0.15) is 0 Å². The summed E-state index contributed by atoms with van der Waals surface area (Å²) in [5, 5.41) is 18.4. The molecule has 1 aliphatic rings. The van der Waals surface area contributed by atoms with Gasteiger partial charge in [0.15, 0.2) is 0 Å². The molecule has 0 radical (unpaired) electrons. The summed E-state index contributed by atoms with van der Waals surface area (Å²) in [6, 6.07) is 3.88. The molecule has 0 spiro atoms. The maximum absolute atomic E-state index is 10.4. The van der Waals surface area contributed by atoms with Gasteiger partial charge in [0.1, 0.15) is 5.75 Å². The lowest BCUT2D eigenvalue weighted by Crippen LogP contribution is -2.19. The number of carbonyl (C=O) groups is 1. The van der Waals surface area contributed by atoms with E-state index in [1.807, 2.05) is 6.07 Å². The largest absolute Gasteiger partial charge is 0.508 e.